The molecule has 4 heteroatoms. The van der Waals surface area contributed by atoms with Crippen LogP contribution in [0.2, 0.25) is 0 Å². The quantitative estimate of drug-likeness (QED) is 0.846. The number of phenols is 1. The highest BCUT2D eigenvalue weighted by molar-refractivity contribution is 5.34. The van der Waals surface area contributed by atoms with E-state index in [4.69, 9.17) is 14.2 Å². The van der Waals surface area contributed by atoms with Crippen molar-refractivity contribution < 1.29 is 19.3 Å². The fourth-order valence-electron chi connectivity index (χ4n) is 2.03. The first kappa shape index (κ1) is 15.2. The van der Waals surface area contributed by atoms with Crippen molar-refractivity contribution in [1.82, 2.24) is 0 Å². The van der Waals surface area contributed by atoms with Crippen LogP contribution >= 0.6 is 0 Å². The minimum absolute atomic E-state index is 0.217. The highest BCUT2D eigenvalue weighted by Gasteiger charge is 2.16. The molecular weight excluding hydrogens is 268 g/mol. The topological polar surface area (TPSA) is 47.9 Å². The Morgan fingerprint density at radius 2 is 1.67 bits per heavy atom. The molecule has 0 fully saturated rings. The third-order valence-electron chi connectivity index (χ3n) is 3.11. The van der Waals surface area contributed by atoms with Gasteiger partial charge in [0.05, 0.1) is 7.11 Å². The van der Waals surface area contributed by atoms with Crippen LogP contribution in [-0.2, 0) is 4.74 Å². The number of aromatic hydroxyl groups is 1. The summed E-state index contributed by atoms with van der Waals surface area (Å²) in [5.74, 6) is 1.73. The van der Waals surface area contributed by atoms with Crippen LogP contribution in [0.15, 0.2) is 48.5 Å². The molecule has 112 valence electrons. The van der Waals surface area contributed by atoms with E-state index >= 15 is 0 Å². The normalized spacial score (nSPS) is 11.9. The number of hydrogen-bond acceptors (Lipinski definition) is 4. The first-order valence-corrected chi connectivity index (χ1v) is 6.91. The van der Waals surface area contributed by atoms with Crippen molar-refractivity contribution in [2.24, 2.45) is 0 Å². The zero-order valence-electron chi connectivity index (χ0n) is 12.3. The molecule has 4 nitrogen and oxygen atoms in total. The number of rotatable bonds is 7. The van der Waals surface area contributed by atoms with E-state index in [0.29, 0.717) is 13.2 Å². The molecule has 0 amide bonds. The van der Waals surface area contributed by atoms with Crippen molar-refractivity contribution in [1.29, 1.82) is 0 Å². The monoisotopic (exact) mass is 288 g/mol. The van der Waals surface area contributed by atoms with Gasteiger partial charge in [0.1, 0.15) is 30.0 Å². The SMILES string of the molecule is CCOC(COc1ccc(OC)cc1)c1ccccc1O. The summed E-state index contributed by atoms with van der Waals surface area (Å²) in [4.78, 5) is 0. The maximum Gasteiger partial charge on any atom is 0.121 e. The molecule has 2 rings (SSSR count). The van der Waals surface area contributed by atoms with Crippen molar-refractivity contribution in [2.45, 2.75) is 13.0 Å². The number of phenolic OH excluding ortho intramolecular Hbond substituents is 1. The lowest BCUT2D eigenvalue weighted by atomic mass is 10.1. The van der Waals surface area contributed by atoms with E-state index in [1.807, 2.05) is 43.3 Å². The minimum atomic E-state index is -0.307. The molecule has 0 aliphatic carbocycles. The Kier molecular flexibility index (Phi) is 5.46. The minimum Gasteiger partial charge on any atom is -0.508 e. The number of hydrogen-bond donors (Lipinski definition) is 1. The average molecular weight is 288 g/mol. The van der Waals surface area contributed by atoms with Gasteiger partial charge in [-0.1, -0.05) is 18.2 Å². The molecule has 2 aromatic carbocycles. The summed E-state index contributed by atoms with van der Waals surface area (Å²) in [6.45, 7) is 2.79. The van der Waals surface area contributed by atoms with Crippen LogP contribution in [0.4, 0.5) is 0 Å². The number of benzene rings is 2. The number of ether oxygens (including phenoxy) is 3. The second kappa shape index (κ2) is 7.55. The number of para-hydroxylation sites is 1. The molecule has 1 atom stereocenters. The van der Waals surface area contributed by atoms with Crippen molar-refractivity contribution in [3.8, 4) is 17.2 Å². The Bertz CT molecular complexity index is 551. The van der Waals surface area contributed by atoms with Crippen LogP contribution in [0, 0.1) is 0 Å². The predicted molar refractivity (Wildman–Crippen MR) is 81.0 cm³/mol. The molecule has 0 saturated heterocycles. The van der Waals surface area contributed by atoms with Crippen LogP contribution in [0.5, 0.6) is 17.2 Å². The highest BCUT2D eigenvalue weighted by Crippen LogP contribution is 2.27. The van der Waals surface area contributed by atoms with Gasteiger partial charge in [0.15, 0.2) is 0 Å². The molecule has 1 unspecified atom stereocenters. The Labute approximate surface area is 124 Å². The van der Waals surface area contributed by atoms with E-state index in [0.717, 1.165) is 17.1 Å². The van der Waals surface area contributed by atoms with E-state index in [2.05, 4.69) is 0 Å². The van der Waals surface area contributed by atoms with Crippen molar-refractivity contribution in [2.75, 3.05) is 20.3 Å². The first-order valence-electron chi connectivity index (χ1n) is 6.91. The van der Waals surface area contributed by atoms with Gasteiger partial charge < -0.3 is 19.3 Å². The molecule has 0 bridgehead atoms. The second-order valence-corrected chi connectivity index (χ2v) is 4.49. The van der Waals surface area contributed by atoms with Gasteiger partial charge in [0.2, 0.25) is 0 Å². The molecule has 21 heavy (non-hydrogen) atoms. The van der Waals surface area contributed by atoms with Gasteiger partial charge in [0, 0.05) is 12.2 Å². The van der Waals surface area contributed by atoms with E-state index < -0.39 is 0 Å². The van der Waals surface area contributed by atoms with Gasteiger partial charge in [-0.15, -0.1) is 0 Å². The van der Waals surface area contributed by atoms with Crippen molar-refractivity contribution in [3.05, 3.63) is 54.1 Å². The zero-order valence-corrected chi connectivity index (χ0v) is 12.3. The average Bonchev–Trinajstić information content (AvgIpc) is 2.53. The number of methoxy groups -OCH3 is 1. The Morgan fingerprint density at radius 3 is 2.29 bits per heavy atom. The lowest BCUT2D eigenvalue weighted by Crippen LogP contribution is -2.14. The molecule has 0 spiro atoms. The van der Waals surface area contributed by atoms with Crippen LogP contribution in [0.1, 0.15) is 18.6 Å². The van der Waals surface area contributed by atoms with Crippen LogP contribution < -0.4 is 9.47 Å². The van der Waals surface area contributed by atoms with E-state index in [-0.39, 0.29) is 11.9 Å². The van der Waals surface area contributed by atoms with Gasteiger partial charge in [-0.05, 0) is 37.3 Å². The molecule has 0 aliphatic heterocycles. The summed E-state index contributed by atoms with van der Waals surface area (Å²) in [6, 6.07) is 14.5. The zero-order chi connectivity index (χ0) is 15.1. The predicted octanol–water partition coefficient (Wildman–Crippen LogP) is 3.56. The van der Waals surface area contributed by atoms with Gasteiger partial charge in [0.25, 0.3) is 0 Å². The molecule has 0 saturated carbocycles. The van der Waals surface area contributed by atoms with Gasteiger partial charge >= 0.3 is 0 Å². The van der Waals surface area contributed by atoms with Crippen LogP contribution in [0.25, 0.3) is 0 Å². The lowest BCUT2D eigenvalue weighted by molar-refractivity contribution is 0.0252. The maximum atomic E-state index is 9.92. The lowest BCUT2D eigenvalue weighted by Gasteiger charge is -2.19. The standard InChI is InChI=1S/C17H20O4/c1-3-20-17(15-6-4-5-7-16(15)18)12-21-14-10-8-13(19-2)9-11-14/h4-11,17-18H,3,12H2,1-2H3. The third kappa shape index (κ3) is 4.13. The first-order chi connectivity index (χ1) is 10.2. The van der Waals surface area contributed by atoms with Gasteiger partial charge in [-0.2, -0.15) is 0 Å². The van der Waals surface area contributed by atoms with E-state index in [1.165, 1.54) is 0 Å². The molecule has 0 heterocycles. The fraction of sp³-hybridized carbons (Fsp3) is 0.294. The summed E-state index contributed by atoms with van der Waals surface area (Å²) >= 11 is 0. The summed E-state index contributed by atoms with van der Waals surface area (Å²) in [6.07, 6.45) is -0.307. The molecule has 0 radical (unpaired) electrons. The highest BCUT2D eigenvalue weighted by atomic mass is 16.5. The summed E-state index contributed by atoms with van der Waals surface area (Å²) in [5.41, 5.74) is 0.730. The largest absolute Gasteiger partial charge is 0.508 e. The third-order valence-corrected chi connectivity index (χ3v) is 3.11. The van der Waals surface area contributed by atoms with E-state index in [1.54, 1.807) is 19.2 Å². The Hall–Kier alpha value is -2.20. The maximum absolute atomic E-state index is 9.92. The van der Waals surface area contributed by atoms with Gasteiger partial charge in [-0.3, -0.25) is 0 Å². The Morgan fingerprint density at radius 1 is 1.00 bits per heavy atom. The fourth-order valence-corrected chi connectivity index (χ4v) is 2.03. The van der Waals surface area contributed by atoms with Crippen molar-refractivity contribution >= 4 is 0 Å². The molecule has 0 aliphatic rings. The molecule has 0 aromatic heterocycles. The second-order valence-electron chi connectivity index (χ2n) is 4.49. The summed E-state index contributed by atoms with van der Waals surface area (Å²) in [7, 11) is 1.62. The molecule has 1 N–H and O–H groups in total. The van der Waals surface area contributed by atoms with E-state index in [9.17, 15) is 5.11 Å². The Balaban J connectivity index is 2.04. The van der Waals surface area contributed by atoms with Crippen molar-refractivity contribution in [3.63, 3.8) is 0 Å². The van der Waals surface area contributed by atoms with Crippen LogP contribution in [-0.4, -0.2) is 25.4 Å². The summed E-state index contributed by atoms with van der Waals surface area (Å²) < 4.78 is 16.5. The smallest absolute Gasteiger partial charge is 0.121 e. The van der Waals surface area contributed by atoms with Gasteiger partial charge in [-0.25, -0.2) is 0 Å². The molecular formula is C17H20O4. The molecule has 2 aromatic rings. The van der Waals surface area contributed by atoms with Crippen LogP contribution in [0.3, 0.4) is 0 Å². The summed E-state index contributed by atoms with van der Waals surface area (Å²) in [5, 5.41) is 9.92.